The highest BCUT2D eigenvalue weighted by atomic mass is 32.1. The quantitative estimate of drug-likeness (QED) is 0.562. The molecule has 5 nitrogen and oxygen atoms in total. The van der Waals surface area contributed by atoms with Crippen LogP contribution in [0.25, 0.3) is 11.3 Å². The van der Waals surface area contributed by atoms with Crippen LogP contribution in [0.4, 0.5) is 5.13 Å². The number of hydrogen-bond donors (Lipinski definition) is 1. The van der Waals surface area contributed by atoms with E-state index in [1.807, 2.05) is 60.8 Å². The van der Waals surface area contributed by atoms with Crippen LogP contribution >= 0.6 is 11.3 Å². The minimum atomic E-state index is -0.0663. The topological polar surface area (TPSA) is 60.5 Å². The second-order valence-corrected chi connectivity index (χ2v) is 6.91. The first-order chi connectivity index (χ1) is 13.2. The van der Waals surface area contributed by atoms with Crippen molar-refractivity contribution in [1.82, 2.24) is 4.98 Å². The molecule has 3 aromatic rings. The van der Waals surface area contributed by atoms with Gasteiger partial charge in [-0.05, 0) is 37.6 Å². The molecule has 1 N–H and O–H groups in total. The summed E-state index contributed by atoms with van der Waals surface area (Å²) in [5.41, 5.74) is 2.89. The Labute approximate surface area is 163 Å². The van der Waals surface area contributed by atoms with Crippen molar-refractivity contribution in [2.75, 3.05) is 19.0 Å². The molecule has 140 valence electrons. The molecule has 1 heterocycles. The molecule has 0 bridgehead atoms. The van der Waals surface area contributed by atoms with Gasteiger partial charge < -0.3 is 14.8 Å². The van der Waals surface area contributed by atoms with Gasteiger partial charge in [-0.1, -0.05) is 29.8 Å². The number of ether oxygens (including phenoxy) is 2. The van der Waals surface area contributed by atoms with Gasteiger partial charge in [-0.15, -0.1) is 11.3 Å². The first-order valence-electron chi connectivity index (χ1n) is 8.74. The number of aryl methyl sites for hydroxylation is 1. The van der Waals surface area contributed by atoms with E-state index in [4.69, 9.17) is 9.47 Å². The molecule has 27 heavy (non-hydrogen) atoms. The van der Waals surface area contributed by atoms with Crippen LogP contribution in [0.5, 0.6) is 11.5 Å². The predicted octanol–water partition coefficient (Wildman–Crippen LogP) is 4.92. The van der Waals surface area contributed by atoms with E-state index in [0.717, 1.165) is 22.8 Å². The molecule has 0 radical (unpaired) electrons. The van der Waals surface area contributed by atoms with Gasteiger partial charge in [0.15, 0.2) is 5.13 Å². The number of carbonyl (C=O) groups excluding carboxylic acids is 1. The summed E-state index contributed by atoms with van der Waals surface area (Å²) in [5.74, 6) is 1.51. The van der Waals surface area contributed by atoms with E-state index in [0.29, 0.717) is 24.6 Å². The largest absolute Gasteiger partial charge is 0.496 e. The molecule has 1 aromatic heterocycles. The monoisotopic (exact) mass is 382 g/mol. The molecule has 0 saturated heterocycles. The lowest BCUT2D eigenvalue weighted by Crippen LogP contribution is -2.12. The van der Waals surface area contributed by atoms with E-state index in [9.17, 15) is 4.79 Å². The first kappa shape index (κ1) is 18.9. The highest BCUT2D eigenvalue weighted by molar-refractivity contribution is 7.14. The van der Waals surface area contributed by atoms with Crippen molar-refractivity contribution in [3.63, 3.8) is 0 Å². The number of thiazole rings is 1. The summed E-state index contributed by atoms with van der Waals surface area (Å²) < 4.78 is 11.0. The summed E-state index contributed by atoms with van der Waals surface area (Å²) in [5, 5.41) is 5.34. The number of rotatable bonds is 8. The van der Waals surface area contributed by atoms with Crippen molar-refractivity contribution in [3.8, 4) is 22.8 Å². The number of benzene rings is 2. The molecule has 0 atom stereocenters. The van der Waals surface area contributed by atoms with Gasteiger partial charge in [-0.2, -0.15) is 0 Å². The van der Waals surface area contributed by atoms with Gasteiger partial charge in [0.2, 0.25) is 5.91 Å². The van der Waals surface area contributed by atoms with Crippen LogP contribution in [-0.2, 0) is 4.79 Å². The number of aromatic nitrogens is 1. The summed E-state index contributed by atoms with van der Waals surface area (Å²) in [7, 11) is 1.63. The van der Waals surface area contributed by atoms with E-state index < -0.39 is 0 Å². The van der Waals surface area contributed by atoms with Crippen molar-refractivity contribution in [2.24, 2.45) is 0 Å². The van der Waals surface area contributed by atoms with E-state index in [-0.39, 0.29) is 5.91 Å². The Hall–Kier alpha value is -2.86. The average molecular weight is 382 g/mol. The zero-order chi connectivity index (χ0) is 19.1. The first-order valence-corrected chi connectivity index (χ1v) is 9.62. The van der Waals surface area contributed by atoms with Gasteiger partial charge in [-0.3, -0.25) is 4.79 Å². The van der Waals surface area contributed by atoms with Gasteiger partial charge in [0, 0.05) is 17.4 Å². The van der Waals surface area contributed by atoms with Crippen LogP contribution in [-0.4, -0.2) is 24.6 Å². The number of nitrogens with one attached hydrogen (secondary N) is 1. The van der Waals surface area contributed by atoms with Gasteiger partial charge in [0.25, 0.3) is 0 Å². The van der Waals surface area contributed by atoms with Crippen LogP contribution in [0.15, 0.2) is 53.9 Å². The fourth-order valence-electron chi connectivity index (χ4n) is 2.55. The van der Waals surface area contributed by atoms with Crippen molar-refractivity contribution >= 4 is 22.4 Å². The third-order valence-corrected chi connectivity index (χ3v) is 4.73. The molecule has 0 aliphatic rings. The molecule has 6 heteroatoms. The fourth-order valence-corrected chi connectivity index (χ4v) is 3.28. The number of hydrogen-bond acceptors (Lipinski definition) is 5. The average Bonchev–Trinajstić information content (AvgIpc) is 3.14. The SMILES string of the molecule is COc1ccccc1-c1csc(NC(=O)CCCOc2ccc(C)cc2)n1. The number of amides is 1. The molecule has 0 spiro atoms. The van der Waals surface area contributed by atoms with Crippen molar-refractivity contribution < 1.29 is 14.3 Å². The maximum Gasteiger partial charge on any atom is 0.226 e. The number of carbonyl (C=O) groups is 1. The van der Waals surface area contributed by atoms with Crippen molar-refractivity contribution in [1.29, 1.82) is 0 Å². The maximum absolute atomic E-state index is 12.1. The maximum atomic E-state index is 12.1. The molecule has 0 aliphatic heterocycles. The highest BCUT2D eigenvalue weighted by Gasteiger charge is 2.11. The third-order valence-electron chi connectivity index (χ3n) is 3.97. The molecule has 3 rings (SSSR count). The molecule has 0 aliphatic carbocycles. The van der Waals surface area contributed by atoms with Gasteiger partial charge in [0.1, 0.15) is 11.5 Å². The number of methoxy groups -OCH3 is 1. The zero-order valence-electron chi connectivity index (χ0n) is 15.4. The minimum absolute atomic E-state index is 0.0663. The smallest absolute Gasteiger partial charge is 0.226 e. The summed E-state index contributed by atoms with van der Waals surface area (Å²) in [6.07, 6.45) is 1.03. The third kappa shape index (κ3) is 5.31. The Morgan fingerprint density at radius 3 is 2.70 bits per heavy atom. The molecule has 0 fully saturated rings. The lowest BCUT2D eigenvalue weighted by atomic mass is 10.1. The molecule has 2 aromatic carbocycles. The standard InChI is InChI=1S/C21H22N2O3S/c1-15-9-11-16(12-10-15)26-13-5-8-20(24)23-21-22-18(14-27-21)17-6-3-4-7-19(17)25-2/h3-4,6-7,9-12,14H,5,8,13H2,1-2H3,(H,22,23,24). The lowest BCUT2D eigenvalue weighted by molar-refractivity contribution is -0.116. The molecular weight excluding hydrogens is 360 g/mol. The molecule has 0 unspecified atom stereocenters. The molecule has 1 amide bonds. The van der Waals surface area contributed by atoms with E-state index >= 15 is 0 Å². The second kappa shape index (κ2) is 9.19. The van der Waals surface area contributed by atoms with Crippen LogP contribution in [0.3, 0.4) is 0 Å². The summed E-state index contributed by atoms with van der Waals surface area (Å²) >= 11 is 1.40. The van der Waals surface area contributed by atoms with E-state index in [1.54, 1.807) is 7.11 Å². The predicted molar refractivity (Wildman–Crippen MR) is 109 cm³/mol. The number of nitrogens with zero attached hydrogens (tertiary/aromatic N) is 1. The van der Waals surface area contributed by atoms with Crippen LogP contribution in [0, 0.1) is 6.92 Å². The van der Waals surface area contributed by atoms with Gasteiger partial charge in [0.05, 0.1) is 19.4 Å². The van der Waals surface area contributed by atoms with E-state index in [1.165, 1.54) is 16.9 Å². The number of anilines is 1. The Morgan fingerprint density at radius 1 is 1.15 bits per heavy atom. The summed E-state index contributed by atoms with van der Waals surface area (Å²) in [6.45, 7) is 2.53. The normalized spacial score (nSPS) is 10.4. The Balaban J connectivity index is 1.47. The minimum Gasteiger partial charge on any atom is -0.496 e. The second-order valence-electron chi connectivity index (χ2n) is 6.05. The fraction of sp³-hybridized carbons (Fsp3) is 0.238. The van der Waals surface area contributed by atoms with Gasteiger partial charge in [-0.25, -0.2) is 4.98 Å². The van der Waals surface area contributed by atoms with Crippen molar-refractivity contribution in [3.05, 3.63) is 59.5 Å². The van der Waals surface area contributed by atoms with Crippen LogP contribution < -0.4 is 14.8 Å². The van der Waals surface area contributed by atoms with Crippen LogP contribution in [0.2, 0.25) is 0 Å². The summed E-state index contributed by atoms with van der Waals surface area (Å²) in [6, 6.07) is 15.6. The molecule has 0 saturated carbocycles. The number of para-hydroxylation sites is 1. The Bertz CT molecular complexity index is 890. The molecular formula is C21H22N2O3S. The highest BCUT2D eigenvalue weighted by Crippen LogP contribution is 2.31. The van der Waals surface area contributed by atoms with Crippen LogP contribution in [0.1, 0.15) is 18.4 Å². The zero-order valence-corrected chi connectivity index (χ0v) is 16.2. The Kier molecular flexibility index (Phi) is 6.44. The van der Waals surface area contributed by atoms with E-state index in [2.05, 4.69) is 10.3 Å². The Morgan fingerprint density at radius 2 is 1.93 bits per heavy atom. The van der Waals surface area contributed by atoms with Crippen molar-refractivity contribution in [2.45, 2.75) is 19.8 Å². The van der Waals surface area contributed by atoms with Gasteiger partial charge >= 0.3 is 0 Å². The lowest BCUT2D eigenvalue weighted by Gasteiger charge is -2.06. The summed E-state index contributed by atoms with van der Waals surface area (Å²) in [4.78, 5) is 16.6.